The Morgan fingerprint density at radius 1 is 1.50 bits per heavy atom. The molecule has 0 aromatic heterocycles. The number of likely N-dealkylation sites (tertiary alicyclic amines) is 1. The van der Waals surface area contributed by atoms with Gasteiger partial charge in [-0.05, 0) is 24.5 Å². The first-order valence-electron chi connectivity index (χ1n) is 6.94. The number of nitrogen functional groups attached to an aromatic ring is 1. The number of para-hydroxylation sites is 1. The Hall–Kier alpha value is -2.04. The summed E-state index contributed by atoms with van der Waals surface area (Å²) in [5.41, 5.74) is 7.94. The van der Waals surface area contributed by atoms with Crippen LogP contribution in [-0.2, 0) is 9.59 Å². The minimum absolute atomic E-state index is 0.0600. The van der Waals surface area contributed by atoms with Crippen molar-refractivity contribution in [3.8, 4) is 0 Å². The molecule has 1 aromatic rings. The van der Waals surface area contributed by atoms with Crippen molar-refractivity contribution in [1.82, 2.24) is 4.90 Å². The minimum Gasteiger partial charge on any atom is -0.397 e. The summed E-state index contributed by atoms with van der Waals surface area (Å²) in [6, 6.07) is 5.48. The van der Waals surface area contributed by atoms with Crippen molar-refractivity contribution in [3.05, 3.63) is 23.8 Å². The third-order valence-corrected chi connectivity index (χ3v) is 3.78. The number of benzene rings is 1. The lowest BCUT2D eigenvalue weighted by Crippen LogP contribution is -2.34. The lowest BCUT2D eigenvalue weighted by atomic mass is 10.1. The van der Waals surface area contributed by atoms with Gasteiger partial charge in [0, 0.05) is 13.0 Å². The van der Waals surface area contributed by atoms with Crippen molar-refractivity contribution in [1.29, 1.82) is 0 Å². The number of carbonyl (C=O) groups excluding carboxylic acids is 2. The van der Waals surface area contributed by atoms with Crippen LogP contribution in [0.4, 0.5) is 11.4 Å². The Bertz CT molecular complexity index is 508. The van der Waals surface area contributed by atoms with Crippen LogP contribution in [0.25, 0.3) is 0 Å². The van der Waals surface area contributed by atoms with E-state index in [1.54, 1.807) is 11.0 Å². The topological polar surface area (TPSA) is 75.4 Å². The predicted molar refractivity (Wildman–Crippen MR) is 79.2 cm³/mol. The minimum atomic E-state index is -0.198. The van der Waals surface area contributed by atoms with Gasteiger partial charge in [-0.15, -0.1) is 0 Å². The third-order valence-electron chi connectivity index (χ3n) is 3.78. The molecule has 1 aromatic carbocycles. The van der Waals surface area contributed by atoms with Gasteiger partial charge in [0.15, 0.2) is 0 Å². The molecule has 0 spiro atoms. The molecule has 0 saturated carbocycles. The van der Waals surface area contributed by atoms with Crippen molar-refractivity contribution >= 4 is 23.2 Å². The predicted octanol–water partition coefficient (Wildman–Crippen LogP) is 1.77. The first kappa shape index (κ1) is 14.4. The summed E-state index contributed by atoms with van der Waals surface area (Å²) < 4.78 is 0. The van der Waals surface area contributed by atoms with Gasteiger partial charge in [0.25, 0.3) is 0 Å². The summed E-state index contributed by atoms with van der Waals surface area (Å²) >= 11 is 0. The summed E-state index contributed by atoms with van der Waals surface area (Å²) in [7, 11) is 0. The highest BCUT2D eigenvalue weighted by molar-refractivity contribution is 5.97. The Morgan fingerprint density at radius 2 is 2.25 bits per heavy atom. The number of nitrogens with one attached hydrogen (secondary N) is 1. The van der Waals surface area contributed by atoms with Crippen LogP contribution < -0.4 is 11.1 Å². The Balaban J connectivity index is 1.98. The fraction of sp³-hybridized carbons (Fsp3) is 0.467. The van der Waals surface area contributed by atoms with Crippen molar-refractivity contribution in [2.75, 3.05) is 24.1 Å². The first-order chi connectivity index (χ1) is 9.51. The summed E-state index contributed by atoms with van der Waals surface area (Å²) in [5.74, 6) is 0.236. The molecule has 0 aliphatic carbocycles. The SMILES string of the molecule is CCC1CC(=O)N(CC(=O)Nc2c(C)cccc2N)C1. The highest BCUT2D eigenvalue weighted by Gasteiger charge is 2.29. The van der Waals surface area contributed by atoms with Crippen LogP contribution in [0.15, 0.2) is 18.2 Å². The maximum absolute atomic E-state index is 12.1. The third kappa shape index (κ3) is 3.10. The molecule has 5 heteroatoms. The molecule has 5 nitrogen and oxygen atoms in total. The van der Waals surface area contributed by atoms with Crippen molar-refractivity contribution in [2.24, 2.45) is 5.92 Å². The van der Waals surface area contributed by atoms with Gasteiger partial charge in [0.1, 0.15) is 0 Å². The van der Waals surface area contributed by atoms with Crippen LogP contribution >= 0.6 is 0 Å². The van der Waals surface area contributed by atoms with E-state index in [1.165, 1.54) is 0 Å². The average Bonchev–Trinajstić information content (AvgIpc) is 2.75. The molecule has 0 radical (unpaired) electrons. The average molecular weight is 275 g/mol. The summed E-state index contributed by atoms with van der Waals surface area (Å²) in [4.78, 5) is 25.5. The molecule has 2 rings (SSSR count). The molecule has 3 N–H and O–H groups in total. The van der Waals surface area contributed by atoms with E-state index in [1.807, 2.05) is 19.1 Å². The molecule has 0 bridgehead atoms. The number of hydrogen-bond donors (Lipinski definition) is 2. The Kier molecular flexibility index (Phi) is 4.27. The van der Waals surface area contributed by atoms with Gasteiger partial charge in [-0.25, -0.2) is 0 Å². The van der Waals surface area contributed by atoms with Gasteiger partial charge in [0.05, 0.1) is 17.9 Å². The summed E-state index contributed by atoms with van der Waals surface area (Å²) in [6.45, 7) is 4.73. The van der Waals surface area contributed by atoms with Crippen LogP contribution in [-0.4, -0.2) is 29.8 Å². The number of rotatable bonds is 4. The number of amides is 2. The van der Waals surface area contributed by atoms with E-state index in [2.05, 4.69) is 12.2 Å². The molecular weight excluding hydrogens is 254 g/mol. The molecule has 1 atom stereocenters. The van der Waals surface area contributed by atoms with Crippen molar-refractivity contribution in [3.63, 3.8) is 0 Å². The smallest absolute Gasteiger partial charge is 0.244 e. The lowest BCUT2D eigenvalue weighted by Gasteiger charge is -2.17. The second kappa shape index (κ2) is 5.94. The zero-order valence-electron chi connectivity index (χ0n) is 12.0. The van der Waals surface area contributed by atoms with E-state index in [4.69, 9.17) is 5.73 Å². The molecule has 108 valence electrons. The number of aryl methyl sites for hydroxylation is 1. The van der Waals surface area contributed by atoms with Gasteiger partial charge in [0.2, 0.25) is 11.8 Å². The maximum Gasteiger partial charge on any atom is 0.244 e. The van der Waals surface area contributed by atoms with Gasteiger partial charge in [-0.1, -0.05) is 25.5 Å². The fourth-order valence-corrected chi connectivity index (χ4v) is 2.49. The monoisotopic (exact) mass is 275 g/mol. The van der Waals surface area contributed by atoms with E-state index in [0.717, 1.165) is 12.0 Å². The van der Waals surface area contributed by atoms with Crippen LogP contribution in [0.1, 0.15) is 25.3 Å². The van der Waals surface area contributed by atoms with Crippen molar-refractivity contribution < 1.29 is 9.59 Å². The molecular formula is C15H21N3O2. The zero-order valence-corrected chi connectivity index (χ0v) is 12.0. The molecule has 2 amide bonds. The van der Waals surface area contributed by atoms with Crippen LogP contribution in [0.5, 0.6) is 0 Å². The largest absolute Gasteiger partial charge is 0.397 e. The highest BCUT2D eigenvalue weighted by Crippen LogP contribution is 2.23. The number of hydrogen-bond acceptors (Lipinski definition) is 3. The lowest BCUT2D eigenvalue weighted by molar-refractivity contribution is -0.131. The first-order valence-corrected chi connectivity index (χ1v) is 6.94. The van der Waals surface area contributed by atoms with Crippen LogP contribution in [0.2, 0.25) is 0 Å². The highest BCUT2D eigenvalue weighted by atomic mass is 16.2. The zero-order chi connectivity index (χ0) is 14.7. The van der Waals surface area contributed by atoms with Crippen molar-refractivity contribution in [2.45, 2.75) is 26.7 Å². The molecule has 1 saturated heterocycles. The molecule has 20 heavy (non-hydrogen) atoms. The van der Waals surface area contributed by atoms with Crippen LogP contribution in [0, 0.1) is 12.8 Å². The number of anilines is 2. The second-order valence-electron chi connectivity index (χ2n) is 5.34. The Labute approximate surface area is 119 Å². The van der Waals surface area contributed by atoms with E-state index in [-0.39, 0.29) is 18.4 Å². The summed E-state index contributed by atoms with van der Waals surface area (Å²) in [6.07, 6.45) is 1.52. The number of nitrogens with zero attached hydrogens (tertiary/aromatic N) is 1. The Morgan fingerprint density at radius 3 is 2.85 bits per heavy atom. The van der Waals surface area contributed by atoms with E-state index < -0.39 is 0 Å². The van der Waals surface area contributed by atoms with Gasteiger partial charge in [-0.2, -0.15) is 0 Å². The maximum atomic E-state index is 12.1. The van der Waals surface area contributed by atoms with E-state index in [0.29, 0.717) is 30.3 Å². The fourth-order valence-electron chi connectivity index (χ4n) is 2.49. The number of nitrogens with two attached hydrogens (primary N) is 1. The van der Waals surface area contributed by atoms with Crippen LogP contribution in [0.3, 0.4) is 0 Å². The molecule has 1 heterocycles. The summed E-state index contributed by atoms with van der Waals surface area (Å²) in [5, 5.41) is 2.80. The van der Waals surface area contributed by atoms with E-state index >= 15 is 0 Å². The van der Waals surface area contributed by atoms with Gasteiger partial charge in [-0.3, -0.25) is 9.59 Å². The quantitative estimate of drug-likeness (QED) is 0.822. The standard InChI is InChI=1S/C15H21N3O2/c1-3-11-7-14(20)18(8-11)9-13(19)17-15-10(2)5-4-6-12(15)16/h4-6,11H,3,7-9,16H2,1-2H3,(H,17,19). The molecule has 1 aliphatic heterocycles. The number of carbonyl (C=O) groups is 2. The normalized spacial score (nSPS) is 18.4. The van der Waals surface area contributed by atoms with Gasteiger partial charge < -0.3 is 16.0 Å². The molecule has 1 fully saturated rings. The van der Waals surface area contributed by atoms with E-state index in [9.17, 15) is 9.59 Å². The van der Waals surface area contributed by atoms with Gasteiger partial charge >= 0.3 is 0 Å². The molecule has 1 unspecified atom stereocenters. The molecule has 1 aliphatic rings. The second-order valence-corrected chi connectivity index (χ2v) is 5.34.